The number of rotatable bonds is 4. The van der Waals surface area contributed by atoms with Crippen molar-refractivity contribution in [3.8, 4) is 0 Å². The molecule has 2 atom stereocenters. The van der Waals surface area contributed by atoms with E-state index in [9.17, 15) is 19.2 Å². The van der Waals surface area contributed by atoms with Crippen molar-refractivity contribution in [3.05, 3.63) is 76.9 Å². The molecular weight excluding hydrogens is 338 g/mol. The van der Waals surface area contributed by atoms with Crippen LogP contribution in [0.5, 0.6) is 0 Å². The van der Waals surface area contributed by atoms with E-state index in [0.717, 1.165) is 24.0 Å². The summed E-state index contributed by atoms with van der Waals surface area (Å²) in [6, 6.07) is 11.4. The van der Waals surface area contributed by atoms with Crippen molar-refractivity contribution in [2.24, 2.45) is 11.1 Å². The van der Waals surface area contributed by atoms with Crippen molar-refractivity contribution in [3.63, 3.8) is 0 Å². The molecule has 0 saturated heterocycles. The number of benzene rings is 2. The summed E-state index contributed by atoms with van der Waals surface area (Å²) in [6.45, 7) is 0. The molecule has 136 valence electrons. The van der Waals surface area contributed by atoms with Gasteiger partial charge < -0.3 is 10.4 Å². The first-order chi connectivity index (χ1) is 12.6. The SMILES string of the molecule is ON=C1/C(=C/c2ccc(F)cc2)CCC[C@@H]1[C@H](NO)c1ccc(F)cc1. The highest BCUT2D eigenvalue weighted by Gasteiger charge is 2.32. The van der Waals surface area contributed by atoms with E-state index in [-0.39, 0.29) is 17.6 Å². The third kappa shape index (κ3) is 3.98. The Morgan fingerprint density at radius 2 is 1.65 bits per heavy atom. The van der Waals surface area contributed by atoms with Gasteiger partial charge in [-0.15, -0.1) is 0 Å². The van der Waals surface area contributed by atoms with Crippen LogP contribution in [-0.2, 0) is 0 Å². The van der Waals surface area contributed by atoms with E-state index in [4.69, 9.17) is 0 Å². The van der Waals surface area contributed by atoms with Gasteiger partial charge in [0.15, 0.2) is 0 Å². The minimum Gasteiger partial charge on any atom is -0.411 e. The number of hydroxylamine groups is 1. The molecule has 0 bridgehead atoms. The van der Waals surface area contributed by atoms with Crippen LogP contribution in [0.3, 0.4) is 0 Å². The topological polar surface area (TPSA) is 64.9 Å². The molecule has 0 radical (unpaired) electrons. The first-order valence-electron chi connectivity index (χ1n) is 8.46. The molecular formula is C20H20F2N2O2. The van der Waals surface area contributed by atoms with Crippen molar-refractivity contribution in [2.45, 2.75) is 25.3 Å². The molecule has 3 N–H and O–H groups in total. The predicted octanol–water partition coefficient (Wildman–Crippen LogP) is 4.70. The fourth-order valence-electron chi connectivity index (χ4n) is 3.45. The fourth-order valence-corrected chi connectivity index (χ4v) is 3.45. The van der Waals surface area contributed by atoms with Crippen molar-refractivity contribution in [1.29, 1.82) is 0 Å². The average molecular weight is 358 g/mol. The second-order valence-electron chi connectivity index (χ2n) is 6.36. The number of halogens is 2. The summed E-state index contributed by atoms with van der Waals surface area (Å²) in [5.74, 6) is -0.955. The minimum absolute atomic E-state index is 0.282. The van der Waals surface area contributed by atoms with Crippen LogP contribution < -0.4 is 5.48 Å². The van der Waals surface area contributed by atoms with Crippen LogP contribution in [0.2, 0.25) is 0 Å². The Balaban J connectivity index is 1.91. The predicted molar refractivity (Wildman–Crippen MR) is 95.0 cm³/mol. The minimum atomic E-state index is -0.529. The summed E-state index contributed by atoms with van der Waals surface area (Å²) in [4.78, 5) is 0. The van der Waals surface area contributed by atoms with Crippen LogP contribution in [0.25, 0.3) is 6.08 Å². The standard InChI is InChI=1S/C20H20F2N2O2/c21-16-8-4-13(5-9-16)12-15-2-1-3-18(20(15)24-26)19(23-25)14-6-10-17(22)11-7-14/h4-12,18-19,23,25-26H,1-3H2/b15-12+,24-20?/t18-,19-/m1/s1. The molecule has 2 aromatic carbocycles. The third-order valence-corrected chi connectivity index (χ3v) is 4.73. The van der Waals surface area contributed by atoms with Gasteiger partial charge in [-0.05, 0) is 66.3 Å². The molecule has 1 aliphatic carbocycles. The lowest BCUT2D eigenvalue weighted by atomic mass is 9.77. The Bertz CT molecular complexity index is 802. The smallest absolute Gasteiger partial charge is 0.123 e. The molecule has 0 aromatic heterocycles. The molecule has 26 heavy (non-hydrogen) atoms. The number of allylic oxidation sites excluding steroid dienone is 1. The summed E-state index contributed by atoms with van der Waals surface area (Å²) in [5, 5.41) is 22.8. The van der Waals surface area contributed by atoms with Gasteiger partial charge in [0.05, 0.1) is 11.8 Å². The van der Waals surface area contributed by atoms with Gasteiger partial charge in [-0.25, -0.2) is 8.78 Å². The van der Waals surface area contributed by atoms with Crippen LogP contribution in [0.15, 0.2) is 59.3 Å². The molecule has 0 spiro atoms. The van der Waals surface area contributed by atoms with Gasteiger partial charge in [-0.2, -0.15) is 5.48 Å². The molecule has 1 saturated carbocycles. The lowest BCUT2D eigenvalue weighted by Gasteiger charge is -2.31. The van der Waals surface area contributed by atoms with Gasteiger partial charge in [-0.1, -0.05) is 29.4 Å². The first kappa shape index (κ1) is 18.2. The number of hydrogen-bond acceptors (Lipinski definition) is 4. The van der Waals surface area contributed by atoms with Gasteiger partial charge in [-0.3, -0.25) is 0 Å². The quantitative estimate of drug-likeness (QED) is 0.548. The van der Waals surface area contributed by atoms with E-state index in [0.29, 0.717) is 17.7 Å². The maximum absolute atomic E-state index is 13.2. The van der Waals surface area contributed by atoms with Gasteiger partial charge in [0.1, 0.15) is 11.6 Å². The summed E-state index contributed by atoms with van der Waals surface area (Å²) in [7, 11) is 0. The van der Waals surface area contributed by atoms with Crippen molar-refractivity contribution in [2.75, 3.05) is 0 Å². The van der Waals surface area contributed by atoms with Crippen molar-refractivity contribution >= 4 is 11.8 Å². The lowest BCUT2D eigenvalue weighted by molar-refractivity contribution is 0.106. The van der Waals surface area contributed by atoms with Crippen LogP contribution in [0, 0.1) is 17.6 Å². The zero-order valence-electron chi connectivity index (χ0n) is 14.1. The molecule has 6 heteroatoms. The zero-order chi connectivity index (χ0) is 18.5. The third-order valence-electron chi connectivity index (χ3n) is 4.73. The molecule has 0 aliphatic heterocycles. The second-order valence-corrected chi connectivity index (χ2v) is 6.36. The lowest BCUT2D eigenvalue weighted by Crippen LogP contribution is -2.34. The highest BCUT2D eigenvalue weighted by atomic mass is 19.1. The van der Waals surface area contributed by atoms with Gasteiger partial charge in [0.25, 0.3) is 0 Å². The largest absolute Gasteiger partial charge is 0.411 e. The molecule has 0 amide bonds. The maximum atomic E-state index is 13.2. The fraction of sp³-hybridized carbons (Fsp3) is 0.250. The number of nitrogens with one attached hydrogen (secondary N) is 1. The molecule has 3 rings (SSSR count). The summed E-state index contributed by atoms with van der Waals surface area (Å²) < 4.78 is 26.3. The molecule has 4 nitrogen and oxygen atoms in total. The van der Waals surface area contributed by atoms with Gasteiger partial charge in [0, 0.05) is 5.92 Å². The van der Waals surface area contributed by atoms with E-state index >= 15 is 0 Å². The number of hydrogen-bond donors (Lipinski definition) is 3. The molecule has 1 aliphatic rings. The van der Waals surface area contributed by atoms with Crippen LogP contribution in [0.4, 0.5) is 8.78 Å². The second kappa shape index (κ2) is 8.21. The van der Waals surface area contributed by atoms with Crippen LogP contribution in [-0.4, -0.2) is 16.1 Å². The van der Waals surface area contributed by atoms with E-state index in [1.54, 1.807) is 24.3 Å². The molecule has 2 aromatic rings. The normalized spacial score (nSPS) is 21.9. The van der Waals surface area contributed by atoms with E-state index in [1.165, 1.54) is 24.3 Å². The highest BCUT2D eigenvalue weighted by molar-refractivity contribution is 6.06. The Morgan fingerprint density at radius 3 is 2.23 bits per heavy atom. The van der Waals surface area contributed by atoms with E-state index in [2.05, 4.69) is 10.6 Å². The highest BCUT2D eigenvalue weighted by Crippen LogP contribution is 2.36. The summed E-state index contributed by atoms with van der Waals surface area (Å²) >= 11 is 0. The Labute approximate surface area is 150 Å². The summed E-state index contributed by atoms with van der Waals surface area (Å²) in [5.41, 5.74) is 5.07. The molecule has 0 heterocycles. The van der Waals surface area contributed by atoms with Crippen molar-refractivity contribution in [1.82, 2.24) is 5.48 Å². The Morgan fingerprint density at radius 1 is 1.04 bits per heavy atom. The van der Waals surface area contributed by atoms with Gasteiger partial charge in [0.2, 0.25) is 0 Å². The maximum Gasteiger partial charge on any atom is 0.123 e. The van der Waals surface area contributed by atoms with E-state index < -0.39 is 6.04 Å². The molecule has 0 unspecified atom stereocenters. The monoisotopic (exact) mass is 358 g/mol. The first-order valence-corrected chi connectivity index (χ1v) is 8.46. The average Bonchev–Trinajstić information content (AvgIpc) is 2.66. The van der Waals surface area contributed by atoms with Crippen LogP contribution in [0.1, 0.15) is 36.4 Å². The Kier molecular flexibility index (Phi) is 5.75. The zero-order valence-corrected chi connectivity index (χ0v) is 14.1. The van der Waals surface area contributed by atoms with E-state index in [1.807, 2.05) is 6.08 Å². The summed E-state index contributed by atoms with van der Waals surface area (Å²) in [6.07, 6.45) is 4.13. The van der Waals surface area contributed by atoms with Crippen molar-refractivity contribution < 1.29 is 19.2 Å². The molecule has 1 fully saturated rings. The number of nitrogens with zero attached hydrogens (tertiary/aromatic N) is 1. The van der Waals surface area contributed by atoms with Crippen LogP contribution >= 0.6 is 0 Å². The van der Waals surface area contributed by atoms with Gasteiger partial charge >= 0.3 is 0 Å². The Hall–Kier alpha value is -2.57. The number of oxime groups is 1.